The summed E-state index contributed by atoms with van der Waals surface area (Å²) in [6.45, 7) is -0.143. The van der Waals surface area contributed by atoms with E-state index < -0.39 is 0 Å². The van der Waals surface area contributed by atoms with Crippen LogP contribution in [0.2, 0.25) is 5.15 Å². The Morgan fingerprint density at radius 3 is 2.78 bits per heavy atom. The minimum absolute atomic E-state index is 0.143. The highest BCUT2D eigenvalue weighted by Crippen LogP contribution is 2.18. The highest BCUT2D eigenvalue weighted by molar-refractivity contribution is 6.32. The van der Waals surface area contributed by atoms with E-state index >= 15 is 0 Å². The predicted octanol–water partition coefficient (Wildman–Crippen LogP) is 1.73. The van der Waals surface area contributed by atoms with E-state index in [0.717, 1.165) is 5.69 Å². The Labute approximate surface area is 136 Å². The molecule has 0 aliphatic rings. The fourth-order valence-electron chi connectivity index (χ4n) is 1.79. The number of carbonyl (C=O) groups is 1. The Kier molecular flexibility index (Phi) is 4.44. The molecule has 0 fully saturated rings. The molecule has 0 spiro atoms. The number of pyridine rings is 1. The quantitative estimate of drug-likeness (QED) is 0.716. The molecule has 3 aromatic rings. The van der Waals surface area contributed by atoms with Crippen LogP contribution in [-0.2, 0) is 4.79 Å². The fourth-order valence-corrected chi connectivity index (χ4v) is 1.96. The number of hydrogen-bond donors (Lipinski definition) is 1. The number of hydrogen-bond acceptors (Lipinski definition) is 6. The molecule has 8 nitrogen and oxygen atoms in total. The van der Waals surface area contributed by atoms with Crippen molar-refractivity contribution < 1.29 is 9.53 Å². The van der Waals surface area contributed by atoms with Crippen molar-refractivity contribution in [2.75, 3.05) is 11.9 Å². The molecule has 2 aromatic heterocycles. The molecule has 0 atom stereocenters. The van der Waals surface area contributed by atoms with Crippen molar-refractivity contribution in [1.29, 1.82) is 0 Å². The highest BCUT2D eigenvalue weighted by Gasteiger charge is 2.07. The second-order valence-electron chi connectivity index (χ2n) is 4.43. The van der Waals surface area contributed by atoms with Crippen molar-refractivity contribution in [3.8, 4) is 11.4 Å². The largest absolute Gasteiger partial charge is 0.484 e. The Morgan fingerprint density at radius 2 is 2.09 bits per heavy atom. The number of rotatable bonds is 5. The second kappa shape index (κ2) is 6.84. The molecule has 0 unspecified atom stereocenters. The summed E-state index contributed by atoms with van der Waals surface area (Å²) in [5, 5.41) is 13.8. The number of nitrogens with zero attached hydrogens (tertiary/aromatic N) is 5. The zero-order valence-corrected chi connectivity index (χ0v) is 12.5. The summed E-state index contributed by atoms with van der Waals surface area (Å²) in [5.41, 5.74) is 1.23. The number of anilines is 1. The van der Waals surface area contributed by atoms with E-state index in [-0.39, 0.29) is 17.7 Å². The number of benzene rings is 1. The first-order valence-electron chi connectivity index (χ1n) is 6.59. The van der Waals surface area contributed by atoms with Crippen LogP contribution in [0.3, 0.4) is 0 Å². The van der Waals surface area contributed by atoms with Crippen LogP contribution in [0, 0.1) is 0 Å². The third kappa shape index (κ3) is 3.80. The first-order chi connectivity index (χ1) is 11.2. The Bertz CT molecular complexity index is 791. The second-order valence-corrected chi connectivity index (χ2v) is 4.78. The number of ether oxygens (including phenoxy) is 1. The number of tetrazole rings is 1. The maximum Gasteiger partial charge on any atom is 0.262 e. The molecule has 0 saturated heterocycles. The average Bonchev–Trinajstić information content (AvgIpc) is 3.10. The van der Waals surface area contributed by atoms with Crippen molar-refractivity contribution in [3.63, 3.8) is 0 Å². The smallest absolute Gasteiger partial charge is 0.262 e. The first-order valence-corrected chi connectivity index (χ1v) is 6.97. The molecule has 2 heterocycles. The van der Waals surface area contributed by atoms with Crippen LogP contribution in [0.25, 0.3) is 5.69 Å². The van der Waals surface area contributed by atoms with Crippen molar-refractivity contribution >= 4 is 23.2 Å². The van der Waals surface area contributed by atoms with Gasteiger partial charge < -0.3 is 10.1 Å². The summed E-state index contributed by atoms with van der Waals surface area (Å²) in [4.78, 5) is 15.7. The van der Waals surface area contributed by atoms with E-state index in [1.807, 2.05) is 0 Å². The van der Waals surface area contributed by atoms with Gasteiger partial charge in [-0.1, -0.05) is 11.6 Å². The van der Waals surface area contributed by atoms with Gasteiger partial charge in [-0.25, -0.2) is 9.67 Å². The molecule has 116 valence electrons. The predicted molar refractivity (Wildman–Crippen MR) is 82.5 cm³/mol. The summed E-state index contributed by atoms with van der Waals surface area (Å²) in [6, 6.07) is 10.3. The van der Waals surface area contributed by atoms with E-state index in [4.69, 9.17) is 16.3 Å². The van der Waals surface area contributed by atoms with Gasteiger partial charge in [-0.2, -0.15) is 0 Å². The summed E-state index contributed by atoms with van der Waals surface area (Å²) < 4.78 is 6.93. The zero-order valence-electron chi connectivity index (χ0n) is 11.8. The Hall–Kier alpha value is -3.00. The lowest BCUT2D eigenvalue weighted by Gasteiger charge is -2.08. The number of halogens is 1. The molecule has 1 aromatic carbocycles. The molecule has 1 N–H and O–H groups in total. The Morgan fingerprint density at radius 1 is 1.26 bits per heavy atom. The van der Waals surface area contributed by atoms with Crippen LogP contribution in [0.5, 0.6) is 5.75 Å². The van der Waals surface area contributed by atoms with Gasteiger partial charge >= 0.3 is 0 Å². The van der Waals surface area contributed by atoms with E-state index in [0.29, 0.717) is 11.4 Å². The lowest BCUT2D eigenvalue weighted by atomic mass is 10.3. The maximum absolute atomic E-state index is 11.8. The zero-order chi connectivity index (χ0) is 16.1. The van der Waals surface area contributed by atoms with Crippen LogP contribution in [0.4, 0.5) is 5.69 Å². The number of carbonyl (C=O) groups excluding carboxylic acids is 1. The van der Waals surface area contributed by atoms with Gasteiger partial charge in [0.25, 0.3) is 5.91 Å². The average molecular weight is 331 g/mol. The van der Waals surface area contributed by atoms with Crippen molar-refractivity contribution in [2.24, 2.45) is 0 Å². The molecular formula is C14H11ClN6O2. The monoisotopic (exact) mass is 330 g/mol. The third-order valence-electron chi connectivity index (χ3n) is 2.85. The van der Waals surface area contributed by atoms with Crippen LogP contribution in [0.15, 0.2) is 48.9 Å². The fraction of sp³-hybridized carbons (Fsp3) is 0.0714. The standard InChI is InChI=1S/C14H11ClN6O2/c15-14-12(2-1-7-16-14)18-13(22)8-23-11-5-3-10(4-6-11)21-9-17-19-20-21/h1-7,9H,8H2,(H,18,22). The minimum atomic E-state index is -0.329. The Balaban J connectivity index is 1.56. The lowest BCUT2D eigenvalue weighted by Crippen LogP contribution is -2.20. The summed E-state index contributed by atoms with van der Waals surface area (Å²) in [7, 11) is 0. The lowest BCUT2D eigenvalue weighted by molar-refractivity contribution is -0.118. The molecule has 3 rings (SSSR count). The number of amides is 1. The van der Waals surface area contributed by atoms with Gasteiger partial charge in [0.2, 0.25) is 0 Å². The van der Waals surface area contributed by atoms with Crippen LogP contribution in [-0.4, -0.2) is 37.7 Å². The van der Waals surface area contributed by atoms with Gasteiger partial charge in [-0.15, -0.1) is 5.10 Å². The van der Waals surface area contributed by atoms with Gasteiger partial charge in [0.15, 0.2) is 11.8 Å². The van der Waals surface area contributed by atoms with Crippen molar-refractivity contribution in [1.82, 2.24) is 25.2 Å². The minimum Gasteiger partial charge on any atom is -0.484 e. The molecule has 1 amide bonds. The molecule has 0 saturated carbocycles. The normalized spacial score (nSPS) is 10.3. The molecule has 23 heavy (non-hydrogen) atoms. The van der Waals surface area contributed by atoms with Crippen LogP contribution >= 0.6 is 11.6 Å². The summed E-state index contributed by atoms with van der Waals surface area (Å²) >= 11 is 5.87. The maximum atomic E-state index is 11.8. The van der Waals surface area contributed by atoms with E-state index in [1.165, 1.54) is 11.0 Å². The molecule has 0 aliphatic heterocycles. The number of aromatic nitrogens is 5. The summed E-state index contributed by atoms with van der Waals surface area (Å²) in [5.74, 6) is 0.221. The highest BCUT2D eigenvalue weighted by atomic mass is 35.5. The van der Waals surface area contributed by atoms with Crippen molar-refractivity contribution in [2.45, 2.75) is 0 Å². The van der Waals surface area contributed by atoms with E-state index in [1.54, 1.807) is 42.6 Å². The molecule has 0 bridgehead atoms. The van der Waals surface area contributed by atoms with E-state index in [2.05, 4.69) is 25.8 Å². The molecule has 0 radical (unpaired) electrons. The first kappa shape index (κ1) is 14.9. The van der Waals surface area contributed by atoms with Gasteiger partial charge in [-0.05, 0) is 46.8 Å². The van der Waals surface area contributed by atoms with Gasteiger partial charge in [0, 0.05) is 6.20 Å². The third-order valence-corrected chi connectivity index (χ3v) is 3.15. The van der Waals surface area contributed by atoms with Crippen LogP contribution in [0.1, 0.15) is 0 Å². The molecular weight excluding hydrogens is 320 g/mol. The number of nitrogens with one attached hydrogen (secondary N) is 1. The molecule has 9 heteroatoms. The van der Waals surface area contributed by atoms with Gasteiger partial charge in [-0.3, -0.25) is 4.79 Å². The SMILES string of the molecule is O=C(COc1ccc(-n2cnnn2)cc1)Nc1cccnc1Cl. The topological polar surface area (TPSA) is 94.8 Å². The van der Waals surface area contributed by atoms with Gasteiger partial charge in [0.1, 0.15) is 12.1 Å². The van der Waals surface area contributed by atoms with Crippen LogP contribution < -0.4 is 10.1 Å². The van der Waals surface area contributed by atoms with E-state index in [9.17, 15) is 4.79 Å². The molecule has 0 aliphatic carbocycles. The summed E-state index contributed by atoms with van der Waals surface area (Å²) in [6.07, 6.45) is 3.03. The van der Waals surface area contributed by atoms with Crippen molar-refractivity contribution in [3.05, 3.63) is 54.1 Å². The van der Waals surface area contributed by atoms with Gasteiger partial charge in [0.05, 0.1) is 11.4 Å².